The number of amides is 1. The summed E-state index contributed by atoms with van der Waals surface area (Å²) in [4.78, 5) is 17.9. The number of nitrogens with one attached hydrogen (secondary N) is 1. The summed E-state index contributed by atoms with van der Waals surface area (Å²) >= 11 is 0. The Labute approximate surface area is 141 Å². The molecule has 0 bridgehead atoms. The number of aromatic nitrogens is 1. The van der Waals surface area contributed by atoms with Crippen LogP contribution in [-0.4, -0.2) is 42.6 Å². The van der Waals surface area contributed by atoms with Crippen molar-refractivity contribution in [2.45, 2.75) is 6.36 Å². The number of anilines is 2. The molecule has 1 heterocycles. The third-order valence-electron chi connectivity index (χ3n) is 3.21. The molecule has 1 aromatic carbocycles. The first-order valence-corrected chi connectivity index (χ1v) is 7.23. The molecule has 2 rings (SSSR count). The van der Waals surface area contributed by atoms with Crippen molar-refractivity contribution in [3.63, 3.8) is 0 Å². The van der Waals surface area contributed by atoms with Gasteiger partial charge in [0.1, 0.15) is 5.75 Å². The lowest BCUT2D eigenvalue weighted by Crippen LogP contribution is -2.22. The Morgan fingerprint density at radius 2 is 1.96 bits per heavy atom. The van der Waals surface area contributed by atoms with Gasteiger partial charge in [0.15, 0.2) is 0 Å². The lowest BCUT2D eigenvalue weighted by molar-refractivity contribution is -0.274. The fourth-order valence-electron chi connectivity index (χ4n) is 1.98. The molecule has 1 aromatic heterocycles. The van der Waals surface area contributed by atoms with Crippen LogP contribution in [-0.2, 0) is 0 Å². The number of carbonyl (C=O) groups is 1. The summed E-state index contributed by atoms with van der Waals surface area (Å²) in [6, 6.07) is 6.40. The number of carbonyl (C=O) groups excluding carboxylic acids is 1. The fourth-order valence-corrected chi connectivity index (χ4v) is 1.98. The summed E-state index contributed by atoms with van der Waals surface area (Å²) in [6.07, 6.45) is -1.85. The Kier molecular flexibility index (Phi) is 5.81. The van der Waals surface area contributed by atoms with E-state index in [0.29, 0.717) is 17.9 Å². The summed E-state index contributed by atoms with van der Waals surface area (Å²) in [5.41, 5.74) is 1.24. The second-order valence-electron chi connectivity index (χ2n) is 5.10. The van der Waals surface area contributed by atoms with E-state index in [1.54, 1.807) is 24.2 Å². The van der Waals surface area contributed by atoms with Gasteiger partial charge in [-0.1, -0.05) is 0 Å². The second-order valence-corrected chi connectivity index (χ2v) is 5.10. The third-order valence-corrected chi connectivity index (χ3v) is 3.21. The van der Waals surface area contributed by atoms with Crippen molar-refractivity contribution < 1.29 is 27.8 Å². The minimum absolute atomic E-state index is 0.0424. The molecule has 2 aromatic rings. The minimum atomic E-state index is -4.77. The van der Waals surface area contributed by atoms with E-state index in [2.05, 4.69) is 15.0 Å². The molecule has 2 N–H and O–H groups in total. The van der Waals surface area contributed by atoms with Crippen LogP contribution in [0.5, 0.6) is 5.75 Å². The highest BCUT2D eigenvalue weighted by molar-refractivity contribution is 6.04. The molecular weight excluding hydrogens is 339 g/mol. The molecule has 0 aliphatic heterocycles. The first-order chi connectivity index (χ1) is 11.8. The lowest BCUT2D eigenvalue weighted by atomic mass is 10.2. The Bertz CT molecular complexity index is 721. The van der Waals surface area contributed by atoms with Gasteiger partial charge in [-0.3, -0.25) is 9.78 Å². The van der Waals surface area contributed by atoms with Crippen LogP contribution in [0.2, 0.25) is 0 Å². The number of likely N-dealkylation sites (N-methyl/N-ethyl adjacent to an activating group) is 1. The molecule has 6 nitrogen and oxygen atoms in total. The standard InChI is InChI=1S/C16H16F3N3O3/c1-22(6-7-23)13-8-11(9-20-10-13)15(24)21-12-2-4-14(5-3-12)25-16(17,18)19/h2-5,8-10,23H,6-7H2,1H3,(H,21,24). The van der Waals surface area contributed by atoms with E-state index in [1.807, 2.05) is 0 Å². The summed E-state index contributed by atoms with van der Waals surface area (Å²) in [7, 11) is 1.74. The van der Waals surface area contributed by atoms with E-state index >= 15 is 0 Å². The van der Waals surface area contributed by atoms with Crippen LogP contribution in [0.15, 0.2) is 42.7 Å². The summed E-state index contributed by atoms with van der Waals surface area (Å²) in [6.45, 7) is 0.340. The smallest absolute Gasteiger partial charge is 0.406 e. The number of aliphatic hydroxyl groups is 1. The molecule has 0 spiro atoms. The van der Waals surface area contributed by atoms with Crippen LogP contribution < -0.4 is 15.0 Å². The minimum Gasteiger partial charge on any atom is -0.406 e. The van der Waals surface area contributed by atoms with E-state index in [9.17, 15) is 18.0 Å². The van der Waals surface area contributed by atoms with Crippen molar-refractivity contribution in [1.82, 2.24) is 4.98 Å². The third kappa shape index (κ3) is 5.64. The van der Waals surface area contributed by atoms with Crippen molar-refractivity contribution in [2.24, 2.45) is 0 Å². The van der Waals surface area contributed by atoms with Crippen LogP contribution in [0.25, 0.3) is 0 Å². The number of nitrogens with zero attached hydrogens (tertiary/aromatic N) is 2. The van der Waals surface area contributed by atoms with Crippen LogP contribution >= 0.6 is 0 Å². The van der Waals surface area contributed by atoms with Crippen molar-refractivity contribution in [2.75, 3.05) is 30.4 Å². The average Bonchev–Trinajstić information content (AvgIpc) is 2.55. The van der Waals surface area contributed by atoms with Crippen LogP contribution in [0.4, 0.5) is 24.5 Å². The summed E-state index contributed by atoms with van der Waals surface area (Å²) in [5.74, 6) is -0.837. The molecule has 0 saturated heterocycles. The van der Waals surface area contributed by atoms with Gasteiger partial charge in [0, 0.05) is 25.5 Å². The van der Waals surface area contributed by atoms with E-state index in [4.69, 9.17) is 5.11 Å². The second kappa shape index (κ2) is 7.84. The maximum Gasteiger partial charge on any atom is 0.573 e. The van der Waals surface area contributed by atoms with Gasteiger partial charge in [0.2, 0.25) is 0 Å². The predicted octanol–water partition coefficient (Wildman–Crippen LogP) is 2.66. The maximum absolute atomic E-state index is 12.2. The van der Waals surface area contributed by atoms with Crippen molar-refractivity contribution in [1.29, 1.82) is 0 Å². The Morgan fingerprint density at radius 3 is 2.56 bits per heavy atom. The van der Waals surface area contributed by atoms with Gasteiger partial charge in [-0.25, -0.2) is 0 Å². The normalized spacial score (nSPS) is 11.1. The molecule has 0 atom stereocenters. The number of pyridine rings is 1. The summed E-state index contributed by atoms with van der Waals surface area (Å²) in [5, 5.41) is 11.5. The molecular formula is C16H16F3N3O3. The highest BCUT2D eigenvalue weighted by Crippen LogP contribution is 2.24. The van der Waals surface area contributed by atoms with Crippen molar-refractivity contribution in [3.8, 4) is 5.75 Å². The molecule has 0 unspecified atom stereocenters. The van der Waals surface area contributed by atoms with Crippen molar-refractivity contribution >= 4 is 17.3 Å². The first kappa shape index (κ1) is 18.5. The average molecular weight is 355 g/mol. The Morgan fingerprint density at radius 1 is 1.28 bits per heavy atom. The van der Waals surface area contributed by atoms with E-state index < -0.39 is 12.3 Å². The molecule has 0 saturated carbocycles. The van der Waals surface area contributed by atoms with Gasteiger partial charge in [-0.05, 0) is 30.3 Å². The SMILES string of the molecule is CN(CCO)c1cncc(C(=O)Nc2ccc(OC(F)(F)F)cc2)c1. The molecule has 25 heavy (non-hydrogen) atoms. The van der Waals surface area contributed by atoms with E-state index in [-0.39, 0.29) is 17.9 Å². The fraction of sp³-hybridized carbons (Fsp3) is 0.250. The quantitative estimate of drug-likeness (QED) is 0.833. The maximum atomic E-state index is 12.2. The van der Waals surface area contributed by atoms with Gasteiger partial charge in [-0.2, -0.15) is 0 Å². The molecule has 0 radical (unpaired) electrons. The number of rotatable bonds is 6. The molecule has 134 valence electrons. The number of hydrogen-bond acceptors (Lipinski definition) is 5. The number of aliphatic hydroxyl groups excluding tert-OH is 1. The largest absolute Gasteiger partial charge is 0.573 e. The van der Waals surface area contributed by atoms with E-state index in [0.717, 1.165) is 12.1 Å². The van der Waals surface area contributed by atoms with Crippen molar-refractivity contribution in [3.05, 3.63) is 48.3 Å². The molecule has 0 aliphatic rings. The molecule has 9 heteroatoms. The molecule has 0 fully saturated rings. The van der Waals surface area contributed by atoms with Gasteiger partial charge >= 0.3 is 6.36 Å². The van der Waals surface area contributed by atoms with E-state index in [1.165, 1.54) is 18.3 Å². The zero-order valence-electron chi connectivity index (χ0n) is 13.2. The van der Waals surface area contributed by atoms with Gasteiger partial charge in [0.25, 0.3) is 5.91 Å². The lowest BCUT2D eigenvalue weighted by Gasteiger charge is -2.18. The number of halogens is 3. The first-order valence-electron chi connectivity index (χ1n) is 7.23. The van der Waals surface area contributed by atoms with Gasteiger partial charge in [0.05, 0.1) is 24.1 Å². The number of alkyl halides is 3. The predicted molar refractivity (Wildman–Crippen MR) is 85.7 cm³/mol. The molecule has 0 aliphatic carbocycles. The van der Waals surface area contributed by atoms with Gasteiger partial charge in [-0.15, -0.1) is 13.2 Å². The highest BCUT2D eigenvalue weighted by atomic mass is 19.4. The number of benzene rings is 1. The Hall–Kier alpha value is -2.81. The zero-order valence-corrected chi connectivity index (χ0v) is 13.2. The van der Waals surface area contributed by atoms with Crippen LogP contribution in [0, 0.1) is 0 Å². The monoisotopic (exact) mass is 355 g/mol. The topological polar surface area (TPSA) is 74.7 Å². The summed E-state index contributed by atoms with van der Waals surface area (Å²) < 4.78 is 40.1. The highest BCUT2D eigenvalue weighted by Gasteiger charge is 2.30. The Balaban J connectivity index is 2.05. The zero-order chi connectivity index (χ0) is 18.4. The number of hydrogen-bond donors (Lipinski definition) is 2. The number of ether oxygens (including phenoxy) is 1. The van der Waals surface area contributed by atoms with Crippen LogP contribution in [0.3, 0.4) is 0 Å². The van der Waals surface area contributed by atoms with Crippen LogP contribution in [0.1, 0.15) is 10.4 Å². The molecule has 1 amide bonds. The van der Waals surface area contributed by atoms with Gasteiger partial charge < -0.3 is 20.1 Å².